The van der Waals surface area contributed by atoms with Crippen molar-refractivity contribution >= 4 is 11.5 Å². The molecule has 3 rings (SSSR count). The Morgan fingerprint density at radius 1 is 1.47 bits per heavy atom. The molecule has 0 amide bonds. The number of hydrogen-bond acceptors (Lipinski definition) is 2. The van der Waals surface area contributed by atoms with Gasteiger partial charge in [0.2, 0.25) is 0 Å². The predicted octanol–water partition coefficient (Wildman–Crippen LogP) is 2.61. The van der Waals surface area contributed by atoms with E-state index in [9.17, 15) is 9.90 Å². The Labute approximate surface area is 98.9 Å². The van der Waals surface area contributed by atoms with Crippen LogP contribution in [-0.2, 0) is 0 Å². The molecular weight excluding hydrogens is 216 g/mol. The largest absolute Gasteiger partial charge is 0.476 e. The number of pyridine rings is 1. The molecule has 0 saturated heterocycles. The lowest BCUT2D eigenvalue weighted by Gasteiger charge is -2.24. The van der Waals surface area contributed by atoms with Crippen molar-refractivity contribution in [3.05, 3.63) is 35.4 Å². The fourth-order valence-electron chi connectivity index (χ4n) is 2.43. The number of aryl methyl sites for hydroxylation is 1. The average molecular weight is 230 g/mol. The molecule has 1 N–H and O–H groups in total. The second-order valence-electron chi connectivity index (χ2n) is 4.64. The molecule has 4 heteroatoms. The highest BCUT2D eigenvalue weighted by molar-refractivity contribution is 5.93. The number of rotatable bonds is 2. The van der Waals surface area contributed by atoms with Gasteiger partial charge in [0, 0.05) is 11.6 Å². The van der Waals surface area contributed by atoms with E-state index >= 15 is 0 Å². The standard InChI is InChI=1S/C13H14N2O2/c1-8-4-2-7-10-11(13(16)17)14-12(15(8)10)9-5-3-6-9/h2,4,7,9H,3,5-6H2,1H3,(H,16,17). The lowest BCUT2D eigenvalue weighted by molar-refractivity contribution is 0.0693. The summed E-state index contributed by atoms with van der Waals surface area (Å²) in [7, 11) is 0. The van der Waals surface area contributed by atoms with Gasteiger partial charge in [0.05, 0.1) is 5.52 Å². The molecule has 0 unspecified atom stereocenters. The number of carboxylic acids is 1. The topological polar surface area (TPSA) is 54.6 Å². The molecule has 2 aromatic heterocycles. The molecule has 1 saturated carbocycles. The molecule has 17 heavy (non-hydrogen) atoms. The zero-order valence-electron chi connectivity index (χ0n) is 9.68. The number of carbonyl (C=O) groups is 1. The summed E-state index contributed by atoms with van der Waals surface area (Å²) >= 11 is 0. The van der Waals surface area contributed by atoms with Gasteiger partial charge in [-0.25, -0.2) is 9.78 Å². The van der Waals surface area contributed by atoms with Crippen LogP contribution in [0.25, 0.3) is 5.52 Å². The number of carboxylic acid groups (broad SMARTS) is 1. The molecule has 0 radical (unpaired) electrons. The highest BCUT2D eigenvalue weighted by atomic mass is 16.4. The summed E-state index contributed by atoms with van der Waals surface area (Å²) in [6, 6.07) is 5.69. The maximum absolute atomic E-state index is 11.2. The van der Waals surface area contributed by atoms with E-state index in [-0.39, 0.29) is 5.69 Å². The molecule has 2 aromatic rings. The van der Waals surface area contributed by atoms with Crippen molar-refractivity contribution in [2.24, 2.45) is 0 Å². The van der Waals surface area contributed by atoms with E-state index in [4.69, 9.17) is 0 Å². The molecule has 0 aromatic carbocycles. The van der Waals surface area contributed by atoms with Crippen LogP contribution in [0.1, 0.15) is 47.2 Å². The highest BCUT2D eigenvalue weighted by Gasteiger charge is 2.27. The molecule has 1 aliphatic rings. The van der Waals surface area contributed by atoms with Gasteiger partial charge in [0.25, 0.3) is 0 Å². The van der Waals surface area contributed by atoms with Crippen LogP contribution in [0.3, 0.4) is 0 Å². The number of aromatic nitrogens is 2. The van der Waals surface area contributed by atoms with Crippen LogP contribution in [-0.4, -0.2) is 20.5 Å². The van der Waals surface area contributed by atoms with Crippen LogP contribution in [0.4, 0.5) is 0 Å². The first kappa shape index (κ1) is 10.3. The van der Waals surface area contributed by atoms with Crippen molar-refractivity contribution < 1.29 is 9.90 Å². The van der Waals surface area contributed by atoms with E-state index in [1.54, 1.807) is 0 Å². The average Bonchev–Trinajstić information content (AvgIpc) is 2.56. The molecule has 1 aliphatic carbocycles. The van der Waals surface area contributed by atoms with Crippen molar-refractivity contribution in [3.63, 3.8) is 0 Å². The van der Waals surface area contributed by atoms with E-state index in [2.05, 4.69) is 4.98 Å². The zero-order valence-corrected chi connectivity index (χ0v) is 9.68. The van der Waals surface area contributed by atoms with Crippen LogP contribution < -0.4 is 0 Å². The molecule has 88 valence electrons. The van der Waals surface area contributed by atoms with Crippen LogP contribution in [0, 0.1) is 6.92 Å². The van der Waals surface area contributed by atoms with E-state index < -0.39 is 5.97 Å². The Kier molecular flexibility index (Phi) is 2.18. The first-order valence-corrected chi connectivity index (χ1v) is 5.89. The molecule has 2 heterocycles. The Hall–Kier alpha value is -1.84. The highest BCUT2D eigenvalue weighted by Crippen LogP contribution is 2.36. The third kappa shape index (κ3) is 1.44. The van der Waals surface area contributed by atoms with Crippen LogP contribution in [0.5, 0.6) is 0 Å². The Morgan fingerprint density at radius 3 is 2.82 bits per heavy atom. The van der Waals surface area contributed by atoms with Gasteiger partial charge in [-0.1, -0.05) is 12.5 Å². The van der Waals surface area contributed by atoms with Crippen molar-refractivity contribution in [3.8, 4) is 0 Å². The predicted molar refractivity (Wildman–Crippen MR) is 63.5 cm³/mol. The number of imidazole rings is 1. The fourth-order valence-corrected chi connectivity index (χ4v) is 2.43. The first-order chi connectivity index (χ1) is 8.18. The van der Waals surface area contributed by atoms with Crippen molar-refractivity contribution in [1.29, 1.82) is 0 Å². The van der Waals surface area contributed by atoms with Gasteiger partial charge < -0.3 is 5.11 Å². The molecule has 1 fully saturated rings. The SMILES string of the molecule is Cc1cccc2c(C(=O)O)nc(C3CCC3)n12. The first-order valence-electron chi connectivity index (χ1n) is 5.89. The van der Waals surface area contributed by atoms with Gasteiger partial charge in [-0.2, -0.15) is 0 Å². The fraction of sp³-hybridized carbons (Fsp3) is 0.385. The van der Waals surface area contributed by atoms with Gasteiger partial charge >= 0.3 is 5.97 Å². The molecular formula is C13H14N2O2. The molecule has 4 nitrogen and oxygen atoms in total. The van der Waals surface area contributed by atoms with Crippen molar-refractivity contribution in [2.45, 2.75) is 32.1 Å². The zero-order chi connectivity index (χ0) is 12.0. The third-order valence-electron chi connectivity index (χ3n) is 3.56. The van der Waals surface area contributed by atoms with Crippen molar-refractivity contribution in [1.82, 2.24) is 9.38 Å². The normalized spacial score (nSPS) is 16.1. The molecule has 0 atom stereocenters. The lowest BCUT2D eigenvalue weighted by Crippen LogP contribution is -2.13. The number of aromatic carboxylic acids is 1. The van der Waals surface area contributed by atoms with Gasteiger partial charge in [-0.3, -0.25) is 4.40 Å². The lowest BCUT2D eigenvalue weighted by atomic mass is 9.85. The van der Waals surface area contributed by atoms with E-state index in [0.29, 0.717) is 11.4 Å². The summed E-state index contributed by atoms with van der Waals surface area (Å²) in [4.78, 5) is 15.5. The maximum Gasteiger partial charge on any atom is 0.356 e. The monoisotopic (exact) mass is 230 g/mol. The summed E-state index contributed by atoms with van der Waals surface area (Å²) < 4.78 is 1.99. The molecule has 0 spiro atoms. The van der Waals surface area contributed by atoms with Crippen LogP contribution in [0.2, 0.25) is 0 Å². The Bertz CT molecular complexity index is 597. The van der Waals surface area contributed by atoms with Gasteiger partial charge in [-0.05, 0) is 31.9 Å². The molecule has 0 bridgehead atoms. The number of hydrogen-bond donors (Lipinski definition) is 1. The Balaban J connectivity index is 2.30. The minimum absolute atomic E-state index is 0.176. The van der Waals surface area contributed by atoms with Gasteiger partial charge in [0.15, 0.2) is 5.69 Å². The van der Waals surface area contributed by atoms with Gasteiger partial charge in [0.1, 0.15) is 5.82 Å². The quantitative estimate of drug-likeness (QED) is 0.862. The summed E-state index contributed by atoms with van der Waals surface area (Å²) in [5, 5.41) is 9.18. The molecule has 0 aliphatic heterocycles. The maximum atomic E-state index is 11.2. The van der Waals surface area contributed by atoms with E-state index in [0.717, 1.165) is 24.4 Å². The van der Waals surface area contributed by atoms with E-state index in [1.165, 1.54) is 6.42 Å². The smallest absolute Gasteiger partial charge is 0.356 e. The summed E-state index contributed by atoms with van der Waals surface area (Å²) in [5.74, 6) is 0.400. The van der Waals surface area contributed by atoms with Crippen LogP contribution >= 0.6 is 0 Å². The number of nitrogens with zero attached hydrogens (tertiary/aromatic N) is 2. The second-order valence-corrected chi connectivity index (χ2v) is 4.64. The summed E-state index contributed by atoms with van der Waals surface area (Å²) in [6.07, 6.45) is 3.45. The minimum Gasteiger partial charge on any atom is -0.476 e. The second kappa shape index (κ2) is 3.58. The van der Waals surface area contributed by atoms with Crippen molar-refractivity contribution in [2.75, 3.05) is 0 Å². The van der Waals surface area contributed by atoms with Gasteiger partial charge in [-0.15, -0.1) is 0 Å². The third-order valence-corrected chi connectivity index (χ3v) is 3.56. The summed E-state index contributed by atoms with van der Waals surface area (Å²) in [5.41, 5.74) is 1.93. The summed E-state index contributed by atoms with van der Waals surface area (Å²) in [6.45, 7) is 1.99. The number of fused-ring (bicyclic) bond motifs is 1. The Morgan fingerprint density at radius 2 is 2.24 bits per heavy atom. The minimum atomic E-state index is -0.946. The van der Waals surface area contributed by atoms with Crippen LogP contribution in [0.15, 0.2) is 18.2 Å². The van der Waals surface area contributed by atoms with E-state index in [1.807, 2.05) is 29.5 Å².